The minimum absolute atomic E-state index is 0.0681. The van der Waals surface area contributed by atoms with Gasteiger partial charge >= 0.3 is 0 Å². The Balaban J connectivity index is 1.41. The molecule has 0 saturated carbocycles. The van der Waals surface area contributed by atoms with Gasteiger partial charge in [0.25, 0.3) is 0 Å². The SMILES string of the molecule is CC(C)(C)c1ccc(C(=O)Cc2cccc(-c3cn4ccnc4c(Cc4ccccc4)n3)c2)cc1. The zero-order chi connectivity index (χ0) is 24.4. The molecule has 174 valence electrons. The summed E-state index contributed by atoms with van der Waals surface area (Å²) in [4.78, 5) is 22.5. The van der Waals surface area contributed by atoms with Crippen LogP contribution in [0.25, 0.3) is 16.9 Å². The van der Waals surface area contributed by atoms with E-state index in [2.05, 4.69) is 56.1 Å². The van der Waals surface area contributed by atoms with Crippen LogP contribution in [0, 0.1) is 0 Å². The summed E-state index contributed by atoms with van der Waals surface area (Å²) in [6.07, 6.45) is 6.81. The van der Waals surface area contributed by atoms with Gasteiger partial charge in [-0.1, -0.05) is 93.6 Å². The lowest BCUT2D eigenvalue weighted by atomic mass is 9.86. The second-order valence-electron chi connectivity index (χ2n) is 10.0. The van der Waals surface area contributed by atoms with Gasteiger partial charge in [0, 0.05) is 42.6 Å². The summed E-state index contributed by atoms with van der Waals surface area (Å²) in [6.45, 7) is 6.53. The highest BCUT2D eigenvalue weighted by Crippen LogP contribution is 2.24. The van der Waals surface area contributed by atoms with Crippen LogP contribution in [-0.2, 0) is 18.3 Å². The molecule has 0 unspecified atom stereocenters. The second-order valence-corrected chi connectivity index (χ2v) is 10.0. The molecule has 4 nitrogen and oxygen atoms in total. The zero-order valence-corrected chi connectivity index (χ0v) is 20.4. The van der Waals surface area contributed by atoms with Gasteiger partial charge in [-0.05, 0) is 28.2 Å². The number of aromatic nitrogens is 3. The lowest BCUT2D eigenvalue weighted by Gasteiger charge is -2.19. The molecule has 0 saturated heterocycles. The Kier molecular flexibility index (Phi) is 6.04. The minimum Gasteiger partial charge on any atom is -0.303 e. The Hall–Kier alpha value is -4.05. The summed E-state index contributed by atoms with van der Waals surface area (Å²) in [6, 6.07) is 26.4. The van der Waals surface area contributed by atoms with Crippen LogP contribution in [0.2, 0.25) is 0 Å². The second kappa shape index (κ2) is 9.30. The van der Waals surface area contributed by atoms with Crippen molar-refractivity contribution in [1.29, 1.82) is 0 Å². The average molecular weight is 460 g/mol. The molecule has 0 N–H and O–H groups in total. The van der Waals surface area contributed by atoms with Gasteiger partial charge < -0.3 is 4.40 Å². The third-order valence-corrected chi connectivity index (χ3v) is 6.32. The van der Waals surface area contributed by atoms with Crippen LogP contribution >= 0.6 is 0 Å². The molecule has 0 aliphatic heterocycles. The van der Waals surface area contributed by atoms with Gasteiger partial charge in [-0.25, -0.2) is 9.97 Å². The largest absolute Gasteiger partial charge is 0.303 e. The molecule has 35 heavy (non-hydrogen) atoms. The van der Waals surface area contributed by atoms with E-state index in [-0.39, 0.29) is 11.2 Å². The van der Waals surface area contributed by atoms with Gasteiger partial charge in [0.1, 0.15) is 0 Å². The zero-order valence-electron chi connectivity index (χ0n) is 20.4. The number of fused-ring (bicyclic) bond motifs is 1. The first-order valence-corrected chi connectivity index (χ1v) is 12.0. The molecule has 4 heteroatoms. The number of rotatable bonds is 6. The van der Waals surface area contributed by atoms with E-state index in [9.17, 15) is 4.79 Å². The fourth-order valence-corrected chi connectivity index (χ4v) is 4.33. The molecule has 0 radical (unpaired) electrons. The average Bonchev–Trinajstić information content (AvgIpc) is 3.34. The predicted molar refractivity (Wildman–Crippen MR) is 141 cm³/mol. The summed E-state index contributed by atoms with van der Waals surface area (Å²) < 4.78 is 2.02. The first-order chi connectivity index (χ1) is 16.9. The Morgan fingerprint density at radius 2 is 1.63 bits per heavy atom. The lowest BCUT2D eigenvalue weighted by molar-refractivity contribution is 0.0993. The van der Waals surface area contributed by atoms with Crippen LogP contribution in [0.1, 0.15) is 53.5 Å². The van der Waals surface area contributed by atoms with E-state index in [1.165, 1.54) is 11.1 Å². The molecule has 0 amide bonds. The number of nitrogens with zero attached hydrogens (tertiary/aromatic N) is 3. The maximum absolute atomic E-state index is 13.0. The number of carbonyl (C=O) groups excluding carboxylic acids is 1. The molecule has 0 aliphatic rings. The summed E-state index contributed by atoms with van der Waals surface area (Å²) in [7, 11) is 0. The topological polar surface area (TPSA) is 47.3 Å². The molecule has 5 rings (SSSR count). The van der Waals surface area contributed by atoms with E-state index in [0.717, 1.165) is 33.7 Å². The van der Waals surface area contributed by atoms with Crippen molar-refractivity contribution in [3.8, 4) is 11.3 Å². The molecule has 0 fully saturated rings. The van der Waals surface area contributed by atoms with Crippen LogP contribution in [0.5, 0.6) is 0 Å². The molecule has 2 aromatic heterocycles. The molecule has 0 aliphatic carbocycles. The highest BCUT2D eigenvalue weighted by atomic mass is 16.1. The van der Waals surface area contributed by atoms with E-state index >= 15 is 0 Å². The number of benzene rings is 3. The van der Waals surface area contributed by atoms with Gasteiger partial charge in [-0.3, -0.25) is 4.79 Å². The van der Waals surface area contributed by atoms with Crippen LogP contribution in [0.4, 0.5) is 0 Å². The number of ketones is 1. The Morgan fingerprint density at radius 3 is 2.37 bits per heavy atom. The van der Waals surface area contributed by atoms with Gasteiger partial charge in [0.05, 0.1) is 11.4 Å². The van der Waals surface area contributed by atoms with Gasteiger partial charge in [-0.15, -0.1) is 0 Å². The van der Waals surface area contributed by atoms with Crippen LogP contribution < -0.4 is 0 Å². The van der Waals surface area contributed by atoms with Crippen LogP contribution in [-0.4, -0.2) is 20.2 Å². The smallest absolute Gasteiger partial charge is 0.167 e. The number of Topliss-reactive ketones (excluding diaryl/α,β-unsaturated/α-hetero) is 1. The van der Waals surface area contributed by atoms with Crippen LogP contribution in [0.3, 0.4) is 0 Å². The van der Waals surface area contributed by atoms with Gasteiger partial charge in [-0.2, -0.15) is 0 Å². The van der Waals surface area contributed by atoms with E-state index < -0.39 is 0 Å². The Bertz CT molecular complexity index is 1480. The van der Waals surface area contributed by atoms with E-state index in [4.69, 9.17) is 4.98 Å². The molecule has 0 bridgehead atoms. The van der Waals surface area contributed by atoms with Crippen molar-refractivity contribution >= 4 is 11.4 Å². The number of hydrogen-bond donors (Lipinski definition) is 0. The highest BCUT2D eigenvalue weighted by molar-refractivity contribution is 5.97. The minimum atomic E-state index is 0.0681. The van der Waals surface area contributed by atoms with Gasteiger partial charge in [0.15, 0.2) is 11.4 Å². The normalized spacial score (nSPS) is 11.6. The van der Waals surface area contributed by atoms with Crippen molar-refractivity contribution in [1.82, 2.24) is 14.4 Å². The summed E-state index contributed by atoms with van der Waals surface area (Å²) >= 11 is 0. The van der Waals surface area contributed by atoms with E-state index in [1.807, 2.05) is 65.3 Å². The van der Waals surface area contributed by atoms with Crippen molar-refractivity contribution in [2.45, 2.75) is 39.0 Å². The van der Waals surface area contributed by atoms with Gasteiger partial charge in [0.2, 0.25) is 0 Å². The molecule has 2 heterocycles. The van der Waals surface area contributed by atoms with Crippen molar-refractivity contribution < 1.29 is 4.79 Å². The maximum atomic E-state index is 13.0. The van der Waals surface area contributed by atoms with E-state index in [1.54, 1.807) is 6.20 Å². The quantitative estimate of drug-likeness (QED) is 0.265. The fraction of sp³-hybridized carbons (Fsp3) is 0.194. The number of carbonyl (C=O) groups is 1. The molecule has 0 spiro atoms. The fourth-order valence-electron chi connectivity index (χ4n) is 4.33. The van der Waals surface area contributed by atoms with Crippen molar-refractivity contribution in [3.63, 3.8) is 0 Å². The summed E-state index contributed by atoms with van der Waals surface area (Å²) in [5, 5.41) is 0. The molecular formula is C31H29N3O. The first kappa shape index (κ1) is 22.7. The molecular weight excluding hydrogens is 430 g/mol. The van der Waals surface area contributed by atoms with E-state index in [0.29, 0.717) is 12.8 Å². The molecule has 5 aromatic rings. The number of imidazole rings is 1. The Morgan fingerprint density at radius 1 is 0.886 bits per heavy atom. The maximum Gasteiger partial charge on any atom is 0.167 e. The van der Waals surface area contributed by atoms with Crippen molar-refractivity contribution in [3.05, 3.63) is 125 Å². The first-order valence-electron chi connectivity index (χ1n) is 12.0. The standard InChI is InChI=1S/C31H29N3O/c1-31(2,3)26-14-12-24(13-15-26)29(35)20-23-10-7-11-25(18-23)28-21-34-17-16-32-30(34)27(33-28)19-22-8-5-4-6-9-22/h4-18,21H,19-20H2,1-3H3. The number of hydrogen-bond acceptors (Lipinski definition) is 3. The highest BCUT2D eigenvalue weighted by Gasteiger charge is 2.15. The Labute approximate surface area is 206 Å². The summed E-state index contributed by atoms with van der Waals surface area (Å²) in [5.74, 6) is 0.116. The third kappa shape index (κ3) is 5.07. The van der Waals surface area contributed by atoms with Crippen molar-refractivity contribution in [2.75, 3.05) is 0 Å². The predicted octanol–water partition coefficient (Wildman–Crippen LogP) is 6.71. The summed E-state index contributed by atoms with van der Waals surface area (Å²) in [5.41, 5.74) is 7.85. The monoisotopic (exact) mass is 459 g/mol. The third-order valence-electron chi connectivity index (χ3n) is 6.32. The molecule has 3 aromatic carbocycles. The van der Waals surface area contributed by atoms with Crippen LogP contribution in [0.15, 0.2) is 97.5 Å². The van der Waals surface area contributed by atoms with Crippen molar-refractivity contribution in [2.24, 2.45) is 0 Å². The lowest BCUT2D eigenvalue weighted by Crippen LogP contribution is -2.11. The molecule has 0 atom stereocenters.